The monoisotopic (exact) mass is 459 g/mol. The predicted molar refractivity (Wildman–Crippen MR) is 98.4 cm³/mol. The molecule has 0 saturated heterocycles. The summed E-state index contributed by atoms with van der Waals surface area (Å²) < 4.78 is 1.51. The number of allylic oxidation sites excluding steroid dienone is 10. The van der Waals surface area contributed by atoms with Gasteiger partial charge in [-0.2, -0.15) is 11.6 Å². The van der Waals surface area contributed by atoms with Crippen molar-refractivity contribution in [2.24, 2.45) is 11.3 Å². The zero-order valence-corrected chi connectivity index (χ0v) is 20.2. The maximum atomic E-state index is 3.16. The van der Waals surface area contributed by atoms with Crippen LogP contribution in [0.15, 0.2) is 51.8 Å². The molecule has 0 aromatic carbocycles. The summed E-state index contributed by atoms with van der Waals surface area (Å²) in [5, 5.41) is 0. The third-order valence-electron chi connectivity index (χ3n) is 3.16. The largest absolute Gasteiger partial charge is 1.00 e. The van der Waals surface area contributed by atoms with Gasteiger partial charge in [0.1, 0.15) is 0 Å². The van der Waals surface area contributed by atoms with E-state index >= 15 is 0 Å². The van der Waals surface area contributed by atoms with E-state index in [0.717, 1.165) is 6.42 Å². The summed E-state index contributed by atoms with van der Waals surface area (Å²) in [7, 11) is 0. The van der Waals surface area contributed by atoms with Gasteiger partial charge in [0, 0.05) is 10.8 Å². The molecule has 0 aromatic heterocycles. The number of fused-ring (bicyclic) bond motifs is 1. The van der Waals surface area contributed by atoms with Gasteiger partial charge in [0.15, 0.2) is 0 Å². The molecule has 0 radical (unpaired) electrons. The van der Waals surface area contributed by atoms with Crippen LogP contribution < -0.4 is 24.8 Å². The Balaban J connectivity index is 0. The van der Waals surface area contributed by atoms with Crippen molar-refractivity contribution in [3.63, 3.8) is 0 Å². The molecule has 0 aromatic rings. The maximum Gasteiger partial charge on any atom is -1.00 e. The van der Waals surface area contributed by atoms with Crippen LogP contribution in [0.5, 0.6) is 0 Å². The molecule has 0 spiro atoms. The second kappa shape index (κ2) is 12.7. The summed E-state index contributed by atoms with van der Waals surface area (Å²) in [6.45, 7) is 13.1. The molecule has 0 nitrogen and oxygen atoms in total. The molecule has 24 heavy (non-hydrogen) atoms. The second-order valence-electron chi connectivity index (χ2n) is 6.82. The van der Waals surface area contributed by atoms with E-state index in [1.807, 2.05) is 11.8 Å². The Morgan fingerprint density at radius 1 is 1.25 bits per heavy atom. The quantitative estimate of drug-likeness (QED) is 0.464. The molecule has 1 aliphatic heterocycles. The number of hydrogen-bond donors (Lipinski definition) is 0. The van der Waals surface area contributed by atoms with Gasteiger partial charge < -0.3 is 24.8 Å². The van der Waals surface area contributed by atoms with Gasteiger partial charge in [-0.3, -0.25) is 6.08 Å². The number of hydrogen-bond acceptors (Lipinski definition) is 1. The van der Waals surface area contributed by atoms with Crippen molar-refractivity contribution in [2.75, 3.05) is 0 Å². The molecule has 1 atom stereocenters. The van der Waals surface area contributed by atoms with E-state index in [4.69, 9.17) is 0 Å². The second-order valence-corrected chi connectivity index (χ2v) is 10.6. The van der Waals surface area contributed by atoms with Gasteiger partial charge in [-0.1, -0.05) is 62.3 Å². The van der Waals surface area contributed by atoms with Crippen LogP contribution in [0.1, 0.15) is 48.0 Å². The average molecular weight is 462 g/mol. The van der Waals surface area contributed by atoms with Crippen LogP contribution in [0.3, 0.4) is 0 Å². The molecular weight excluding hydrogens is 434 g/mol. The first-order valence-corrected chi connectivity index (χ1v) is 9.78. The first-order chi connectivity index (χ1) is 10.2. The number of halogens is 2. The van der Waals surface area contributed by atoms with Crippen molar-refractivity contribution in [1.29, 1.82) is 0 Å². The zero-order valence-electron chi connectivity index (χ0n) is 15.4. The van der Waals surface area contributed by atoms with Crippen molar-refractivity contribution in [2.45, 2.75) is 48.0 Å². The summed E-state index contributed by atoms with van der Waals surface area (Å²) in [5.74, 6) is 0.634. The molecule has 2 aliphatic carbocycles. The van der Waals surface area contributed by atoms with Crippen molar-refractivity contribution >= 4 is 15.0 Å². The SMILES string of the molecule is CC(C)(C)C1=CC[C-]=C1.CC1=CC2C=CC=C2S1.C[C](C)=[Zr+2].[Cl-].[Cl-]. The molecule has 0 N–H and O–H groups in total. The molecule has 0 fully saturated rings. The summed E-state index contributed by atoms with van der Waals surface area (Å²) in [4.78, 5) is 2.93. The van der Waals surface area contributed by atoms with Crippen molar-refractivity contribution in [3.8, 4) is 0 Å². The van der Waals surface area contributed by atoms with Crippen LogP contribution in [0.2, 0.25) is 0 Å². The van der Waals surface area contributed by atoms with E-state index in [-0.39, 0.29) is 24.8 Å². The summed E-state index contributed by atoms with van der Waals surface area (Å²) >= 11 is 3.45. The van der Waals surface area contributed by atoms with Crippen LogP contribution in [0.4, 0.5) is 0 Å². The van der Waals surface area contributed by atoms with Gasteiger partial charge in [0.2, 0.25) is 0 Å². The van der Waals surface area contributed by atoms with Gasteiger partial charge in [0.05, 0.1) is 0 Å². The Bertz CT molecular complexity index is 557. The van der Waals surface area contributed by atoms with E-state index in [1.165, 1.54) is 18.6 Å². The Kier molecular flexibility index (Phi) is 14.1. The summed E-state index contributed by atoms with van der Waals surface area (Å²) in [5.41, 5.74) is 1.74. The van der Waals surface area contributed by atoms with Gasteiger partial charge in [-0.05, 0) is 11.8 Å². The Morgan fingerprint density at radius 2 is 1.83 bits per heavy atom. The molecule has 132 valence electrons. The van der Waals surface area contributed by atoms with E-state index in [1.54, 1.807) is 24.2 Å². The molecule has 0 saturated carbocycles. The van der Waals surface area contributed by atoms with E-state index in [0.29, 0.717) is 11.3 Å². The number of rotatable bonds is 0. The van der Waals surface area contributed by atoms with Gasteiger partial charge in [-0.15, -0.1) is 6.42 Å². The molecule has 3 rings (SSSR count). The topological polar surface area (TPSA) is 0 Å². The zero-order chi connectivity index (χ0) is 16.8. The molecular formula is C20H27Cl2SZr-. The third-order valence-corrected chi connectivity index (χ3v) is 4.27. The van der Waals surface area contributed by atoms with E-state index in [2.05, 4.69) is 84.1 Å². The Hall–Kier alpha value is 0.383. The molecule has 4 heteroatoms. The first-order valence-electron chi connectivity index (χ1n) is 7.74. The van der Waals surface area contributed by atoms with Crippen molar-refractivity contribution in [1.82, 2.24) is 0 Å². The van der Waals surface area contributed by atoms with Gasteiger partial charge >= 0.3 is 41.3 Å². The Labute approximate surface area is 180 Å². The molecule has 3 aliphatic rings. The summed E-state index contributed by atoms with van der Waals surface area (Å²) in [6.07, 6.45) is 17.4. The van der Waals surface area contributed by atoms with Crippen LogP contribution in [-0.2, 0) is 24.2 Å². The van der Waals surface area contributed by atoms with Crippen LogP contribution in [-0.4, -0.2) is 3.21 Å². The van der Waals surface area contributed by atoms with Crippen LogP contribution >= 0.6 is 11.8 Å². The fourth-order valence-corrected chi connectivity index (χ4v) is 3.12. The predicted octanol–water partition coefficient (Wildman–Crippen LogP) is 0.182. The molecule has 1 heterocycles. The fraction of sp³-hybridized carbons (Fsp3) is 0.450. The minimum atomic E-state index is 0. The first kappa shape index (κ1) is 26.6. The average Bonchev–Trinajstić information content (AvgIpc) is 3.01. The minimum Gasteiger partial charge on any atom is -1.00 e. The Morgan fingerprint density at radius 3 is 2.21 bits per heavy atom. The van der Waals surface area contributed by atoms with Gasteiger partial charge in [-0.25, -0.2) is 6.08 Å². The van der Waals surface area contributed by atoms with Crippen molar-refractivity contribution in [3.05, 3.63) is 57.9 Å². The standard InChI is InChI=1S/C9H13.C8H8S.C3H6.2ClH.Zr/c1-9(2,3)8-6-4-5-7-8;1-6-5-7-3-2-4-8(7)9-6;1-3-2;;;/h6-7H,4H2,1-3H3;2-5,7H,1H3;1-2H3;2*1H;/q-1;;;;;+2/p-2. The van der Waals surface area contributed by atoms with E-state index in [9.17, 15) is 0 Å². The van der Waals surface area contributed by atoms with Crippen LogP contribution in [0, 0.1) is 17.4 Å². The van der Waals surface area contributed by atoms with Crippen LogP contribution in [0.25, 0.3) is 0 Å². The maximum absolute atomic E-state index is 3.16. The smallest absolute Gasteiger partial charge is 1.00 e. The molecule has 0 amide bonds. The third kappa shape index (κ3) is 10.4. The number of thioether (sulfide) groups is 1. The molecule has 0 bridgehead atoms. The molecule has 1 unspecified atom stereocenters. The minimum absolute atomic E-state index is 0. The normalized spacial score (nSPS) is 19.3. The fourth-order valence-electron chi connectivity index (χ4n) is 2.11. The van der Waals surface area contributed by atoms with Gasteiger partial charge in [0.25, 0.3) is 0 Å². The van der Waals surface area contributed by atoms with Crippen molar-refractivity contribution < 1.29 is 49.0 Å². The van der Waals surface area contributed by atoms with E-state index < -0.39 is 0 Å². The summed E-state index contributed by atoms with van der Waals surface area (Å²) in [6, 6.07) is 0.